The second kappa shape index (κ2) is 9.03. The van der Waals surface area contributed by atoms with E-state index in [1.807, 2.05) is 23.9 Å². The largest absolute Gasteiger partial charge is 0.309 e. The second-order valence-corrected chi connectivity index (χ2v) is 8.65. The van der Waals surface area contributed by atoms with Crippen LogP contribution in [-0.4, -0.2) is 42.4 Å². The minimum absolute atomic E-state index is 0.176. The lowest BCUT2D eigenvalue weighted by Gasteiger charge is -2.36. The molecule has 3 rings (SSSR count). The molecule has 2 aromatic rings. The van der Waals surface area contributed by atoms with Gasteiger partial charge in [0.1, 0.15) is 5.82 Å². The molecule has 0 radical (unpaired) electrons. The maximum atomic E-state index is 13.4. The van der Waals surface area contributed by atoms with Crippen LogP contribution in [0.3, 0.4) is 0 Å². The van der Waals surface area contributed by atoms with Gasteiger partial charge in [-0.3, -0.25) is 4.90 Å². The minimum Gasteiger partial charge on any atom is -0.309 e. The van der Waals surface area contributed by atoms with Gasteiger partial charge in [-0.25, -0.2) is 4.39 Å². The molecule has 140 valence electrons. The number of halogens is 1. The smallest absolute Gasteiger partial charge is 0.123 e. The molecule has 1 N–H and O–H groups in total. The van der Waals surface area contributed by atoms with Gasteiger partial charge in [0.05, 0.1) is 5.25 Å². The number of benzene rings is 2. The maximum absolute atomic E-state index is 13.4. The molecule has 1 aliphatic rings. The summed E-state index contributed by atoms with van der Waals surface area (Å²) >= 11 is 1.95. The van der Waals surface area contributed by atoms with Gasteiger partial charge >= 0.3 is 0 Å². The van der Waals surface area contributed by atoms with E-state index in [9.17, 15) is 4.39 Å². The Morgan fingerprint density at radius 2 is 1.54 bits per heavy atom. The third kappa shape index (κ3) is 5.32. The van der Waals surface area contributed by atoms with Crippen molar-refractivity contribution in [3.05, 3.63) is 71.0 Å². The van der Waals surface area contributed by atoms with Crippen LogP contribution in [0.5, 0.6) is 0 Å². The van der Waals surface area contributed by atoms with Gasteiger partial charge in [0.15, 0.2) is 0 Å². The molecule has 1 unspecified atom stereocenters. The first-order valence-corrected chi connectivity index (χ1v) is 10.5. The summed E-state index contributed by atoms with van der Waals surface area (Å²) in [6.07, 6.45) is 0. The van der Waals surface area contributed by atoms with E-state index in [4.69, 9.17) is 0 Å². The molecule has 0 bridgehead atoms. The molecule has 0 aliphatic carbocycles. The lowest BCUT2D eigenvalue weighted by atomic mass is 10.0. The highest BCUT2D eigenvalue weighted by Crippen LogP contribution is 2.35. The molecule has 1 heterocycles. The summed E-state index contributed by atoms with van der Waals surface area (Å²) in [5.74, 6) is 0.889. The van der Waals surface area contributed by atoms with Gasteiger partial charge in [0, 0.05) is 37.5 Å². The summed E-state index contributed by atoms with van der Waals surface area (Å²) in [5, 5.41) is 3.83. The minimum atomic E-state index is -0.176. The average Bonchev–Trinajstić information content (AvgIpc) is 2.60. The Morgan fingerprint density at radius 1 is 1.00 bits per heavy atom. The highest BCUT2D eigenvalue weighted by Gasteiger charge is 2.21. The summed E-state index contributed by atoms with van der Waals surface area (Å²) in [6.45, 7) is 9.92. The molecule has 2 nitrogen and oxygen atoms in total. The molecule has 0 spiro atoms. The fourth-order valence-corrected chi connectivity index (χ4v) is 4.98. The molecule has 0 aromatic heterocycles. The van der Waals surface area contributed by atoms with Crippen LogP contribution >= 0.6 is 11.8 Å². The molecule has 2 aromatic carbocycles. The first kappa shape index (κ1) is 19.4. The van der Waals surface area contributed by atoms with Gasteiger partial charge in [0.25, 0.3) is 0 Å². The zero-order chi connectivity index (χ0) is 18.5. The van der Waals surface area contributed by atoms with Crippen LogP contribution in [0.15, 0.2) is 48.5 Å². The zero-order valence-electron chi connectivity index (χ0n) is 15.9. The van der Waals surface area contributed by atoms with Gasteiger partial charge in [0.2, 0.25) is 0 Å². The van der Waals surface area contributed by atoms with Crippen LogP contribution in [0.25, 0.3) is 0 Å². The van der Waals surface area contributed by atoms with Crippen molar-refractivity contribution in [2.75, 3.05) is 25.4 Å². The van der Waals surface area contributed by atoms with Crippen molar-refractivity contribution in [2.24, 2.45) is 0 Å². The standard InChI is InChI=1S/C22H29FN2S/c1-16-4-6-19(7-5-16)22(20-8-10-21(23)11-9-20)26-13-12-25-14-17(2)24-18(3)15-25/h4-11,17-18,22,24H,12-15H2,1-3H3/t17-,18+,22?. The monoisotopic (exact) mass is 372 g/mol. The van der Waals surface area contributed by atoms with Crippen LogP contribution in [0, 0.1) is 12.7 Å². The van der Waals surface area contributed by atoms with E-state index >= 15 is 0 Å². The number of thioether (sulfide) groups is 1. The number of rotatable bonds is 6. The van der Waals surface area contributed by atoms with E-state index < -0.39 is 0 Å². The predicted octanol–water partition coefficient (Wildman–Crippen LogP) is 4.64. The Hall–Kier alpha value is -1.36. The van der Waals surface area contributed by atoms with E-state index in [1.165, 1.54) is 16.7 Å². The van der Waals surface area contributed by atoms with Crippen LogP contribution in [0.4, 0.5) is 4.39 Å². The molecule has 26 heavy (non-hydrogen) atoms. The molecule has 0 saturated carbocycles. The van der Waals surface area contributed by atoms with Gasteiger partial charge in [-0.1, -0.05) is 42.0 Å². The summed E-state index contributed by atoms with van der Waals surface area (Å²) in [4.78, 5) is 2.55. The van der Waals surface area contributed by atoms with E-state index in [-0.39, 0.29) is 11.1 Å². The Balaban J connectivity index is 1.67. The van der Waals surface area contributed by atoms with Crippen molar-refractivity contribution in [1.82, 2.24) is 10.2 Å². The Morgan fingerprint density at radius 3 is 2.12 bits per heavy atom. The Kier molecular flexibility index (Phi) is 6.74. The van der Waals surface area contributed by atoms with Crippen LogP contribution < -0.4 is 5.32 Å². The first-order chi connectivity index (χ1) is 12.5. The fourth-order valence-electron chi connectivity index (χ4n) is 3.69. The fraction of sp³-hybridized carbons (Fsp3) is 0.455. The van der Waals surface area contributed by atoms with Gasteiger partial charge < -0.3 is 5.32 Å². The molecule has 1 aliphatic heterocycles. The van der Waals surface area contributed by atoms with Crippen LogP contribution in [-0.2, 0) is 0 Å². The normalized spacial score (nSPS) is 22.3. The van der Waals surface area contributed by atoms with E-state index in [0.717, 1.165) is 25.4 Å². The van der Waals surface area contributed by atoms with Crippen molar-refractivity contribution < 1.29 is 4.39 Å². The van der Waals surface area contributed by atoms with Crippen molar-refractivity contribution in [3.8, 4) is 0 Å². The van der Waals surface area contributed by atoms with Crippen LogP contribution in [0.1, 0.15) is 35.8 Å². The quantitative estimate of drug-likeness (QED) is 0.795. The lowest BCUT2D eigenvalue weighted by Crippen LogP contribution is -2.54. The van der Waals surface area contributed by atoms with E-state index in [0.29, 0.717) is 12.1 Å². The van der Waals surface area contributed by atoms with Crippen molar-refractivity contribution in [2.45, 2.75) is 38.1 Å². The molecule has 1 fully saturated rings. The predicted molar refractivity (Wildman–Crippen MR) is 110 cm³/mol. The van der Waals surface area contributed by atoms with Crippen LogP contribution in [0.2, 0.25) is 0 Å². The number of aryl methyl sites for hydroxylation is 1. The first-order valence-electron chi connectivity index (χ1n) is 9.43. The average molecular weight is 373 g/mol. The van der Waals surface area contributed by atoms with Gasteiger partial charge in [-0.2, -0.15) is 0 Å². The highest BCUT2D eigenvalue weighted by molar-refractivity contribution is 7.99. The molecule has 0 amide bonds. The number of hydrogen-bond acceptors (Lipinski definition) is 3. The van der Waals surface area contributed by atoms with Gasteiger partial charge in [-0.15, -0.1) is 11.8 Å². The Bertz CT molecular complexity index is 631. The van der Waals surface area contributed by atoms with Gasteiger partial charge in [-0.05, 0) is 44.0 Å². The van der Waals surface area contributed by atoms with Crippen molar-refractivity contribution >= 4 is 11.8 Å². The molecule has 1 saturated heterocycles. The summed E-state index contributed by atoms with van der Waals surface area (Å²) in [5.41, 5.74) is 3.72. The number of piperazine rings is 1. The summed E-state index contributed by atoms with van der Waals surface area (Å²) in [7, 11) is 0. The van der Waals surface area contributed by atoms with Crippen molar-refractivity contribution in [3.63, 3.8) is 0 Å². The summed E-state index contributed by atoms with van der Waals surface area (Å²) < 4.78 is 13.4. The lowest BCUT2D eigenvalue weighted by molar-refractivity contribution is 0.183. The second-order valence-electron chi connectivity index (χ2n) is 7.44. The molecule has 3 atom stereocenters. The number of nitrogens with zero attached hydrogens (tertiary/aromatic N) is 1. The SMILES string of the molecule is Cc1ccc(C(SCCN2C[C@@H](C)N[C@@H](C)C2)c2ccc(F)cc2)cc1. The van der Waals surface area contributed by atoms with E-state index in [2.05, 4.69) is 55.3 Å². The molecule has 4 heteroatoms. The third-order valence-electron chi connectivity index (χ3n) is 4.88. The zero-order valence-corrected chi connectivity index (χ0v) is 16.7. The molecular weight excluding hydrogens is 343 g/mol. The van der Waals surface area contributed by atoms with Crippen molar-refractivity contribution in [1.29, 1.82) is 0 Å². The topological polar surface area (TPSA) is 15.3 Å². The summed E-state index contributed by atoms with van der Waals surface area (Å²) in [6, 6.07) is 16.8. The highest BCUT2D eigenvalue weighted by atomic mass is 32.2. The molecular formula is C22H29FN2S. The number of hydrogen-bond donors (Lipinski definition) is 1. The number of nitrogens with one attached hydrogen (secondary N) is 1. The maximum Gasteiger partial charge on any atom is 0.123 e. The Labute approximate surface area is 161 Å². The van der Waals surface area contributed by atoms with E-state index in [1.54, 1.807) is 12.1 Å². The third-order valence-corrected chi connectivity index (χ3v) is 6.17.